The SMILES string of the molecule is CCOc1ccc(NC(=O)COC(=O)CCC(=O)c2ccc(C)s2)c([N+](=O)[O-])c1. The largest absolute Gasteiger partial charge is 0.494 e. The summed E-state index contributed by atoms with van der Waals surface area (Å²) in [6.07, 6.45) is -0.184. The lowest BCUT2D eigenvalue weighted by Gasteiger charge is -2.09. The van der Waals surface area contributed by atoms with E-state index in [0.29, 0.717) is 17.2 Å². The number of aryl methyl sites for hydroxylation is 1. The Morgan fingerprint density at radius 1 is 1.17 bits per heavy atom. The zero-order valence-corrected chi connectivity index (χ0v) is 16.7. The first-order chi connectivity index (χ1) is 13.8. The maximum atomic E-state index is 12.0. The Kier molecular flexibility index (Phi) is 7.84. The maximum Gasteiger partial charge on any atom is 0.306 e. The van der Waals surface area contributed by atoms with Crippen LogP contribution in [0.5, 0.6) is 5.75 Å². The molecule has 154 valence electrons. The molecule has 2 aromatic rings. The molecule has 1 amide bonds. The second kappa shape index (κ2) is 10.3. The number of carbonyl (C=O) groups excluding carboxylic acids is 3. The molecule has 2 rings (SSSR count). The number of thiophene rings is 1. The Hall–Kier alpha value is -3.27. The highest BCUT2D eigenvalue weighted by Crippen LogP contribution is 2.29. The van der Waals surface area contributed by atoms with Gasteiger partial charge in [0.1, 0.15) is 11.4 Å². The Labute approximate surface area is 170 Å². The van der Waals surface area contributed by atoms with Crippen molar-refractivity contribution in [3.05, 3.63) is 50.2 Å². The minimum absolute atomic E-state index is 0.0230. The van der Waals surface area contributed by atoms with Gasteiger partial charge in [0.25, 0.3) is 11.6 Å². The zero-order chi connectivity index (χ0) is 21.4. The third-order valence-corrected chi connectivity index (χ3v) is 4.73. The van der Waals surface area contributed by atoms with Crippen LogP contribution in [-0.2, 0) is 14.3 Å². The highest BCUT2D eigenvalue weighted by atomic mass is 32.1. The van der Waals surface area contributed by atoms with Crippen molar-refractivity contribution in [2.24, 2.45) is 0 Å². The number of nitro benzene ring substituents is 1. The molecule has 9 nitrogen and oxygen atoms in total. The van der Waals surface area contributed by atoms with E-state index in [2.05, 4.69) is 5.32 Å². The molecule has 0 aliphatic heterocycles. The van der Waals surface area contributed by atoms with Crippen LogP contribution in [0, 0.1) is 17.0 Å². The van der Waals surface area contributed by atoms with Crippen LogP contribution in [0.25, 0.3) is 0 Å². The minimum atomic E-state index is -0.731. The van der Waals surface area contributed by atoms with Crippen molar-refractivity contribution in [2.75, 3.05) is 18.5 Å². The van der Waals surface area contributed by atoms with Gasteiger partial charge in [0.2, 0.25) is 0 Å². The molecule has 0 aliphatic rings. The molecule has 1 heterocycles. The summed E-state index contributed by atoms with van der Waals surface area (Å²) in [5.74, 6) is -1.31. The summed E-state index contributed by atoms with van der Waals surface area (Å²) in [6.45, 7) is 3.34. The monoisotopic (exact) mass is 420 g/mol. The van der Waals surface area contributed by atoms with Gasteiger partial charge in [-0.3, -0.25) is 24.5 Å². The first-order valence-electron chi connectivity index (χ1n) is 8.76. The minimum Gasteiger partial charge on any atom is -0.494 e. The fourth-order valence-corrected chi connectivity index (χ4v) is 3.19. The summed E-state index contributed by atoms with van der Waals surface area (Å²) >= 11 is 1.34. The van der Waals surface area contributed by atoms with E-state index < -0.39 is 23.4 Å². The molecule has 0 spiro atoms. The molecule has 10 heteroatoms. The van der Waals surface area contributed by atoms with Crippen molar-refractivity contribution in [3.8, 4) is 5.75 Å². The van der Waals surface area contributed by atoms with Gasteiger partial charge in [0.05, 0.1) is 28.9 Å². The fourth-order valence-electron chi connectivity index (χ4n) is 2.35. The maximum absolute atomic E-state index is 12.0. The topological polar surface area (TPSA) is 125 Å². The van der Waals surface area contributed by atoms with Gasteiger partial charge in [-0.05, 0) is 38.1 Å². The molecule has 29 heavy (non-hydrogen) atoms. The fraction of sp³-hybridized carbons (Fsp3) is 0.316. The lowest BCUT2D eigenvalue weighted by molar-refractivity contribution is -0.384. The van der Waals surface area contributed by atoms with Gasteiger partial charge in [-0.1, -0.05) is 0 Å². The Morgan fingerprint density at radius 3 is 2.55 bits per heavy atom. The van der Waals surface area contributed by atoms with E-state index >= 15 is 0 Å². The number of benzene rings is 1. The van der Waals surface area contributed by atoms with E-state index in [0.717, 1.165) is 4.88 Å². The van der Waals surface area contributed by atoms with Gasteiger partial charge < -0.3 is 14.8 Å². The molecule has 1 aromatic carbocycles. The highest BCUT2D eigenvalue weighted by molar-refractivity contribution is 7.14. The van der Waals surface area contributed by atoms with Crippen LogP contribution in [0.2, 0.25) is 0 Å². The lowest BCUT2D eigenvalue weighted by Crippen LogP contribution is -2.21. The second-order valence-electron chi connectivity index (χ2n) is 5.91. The standard InChI is InChI=1S/C19H20N2O7S/c1-3-27-13-5-6-14(15(10-13)21(25)26)20-18(23)11-28-19(24)9-7-16(22)17-8-4-12(2)29-17/h4-6,8,10H,3,7,9,11H2,1-2H3,(H,20,23). The number of rotatable bonds is 10. The van der Waals surface area contributed by atoms with Crippen molar-refractivity contribution in [1.82, 2.24) is 0 Å². The van der Waals surface area contributed by atoms with Gasteiger partial charge in [-0.2, -0.15) is 0 Å². The average molecular weight is 420 g/mol. The third-order valence-electron chi connectivity index (χ3n) is 3.69. The molecule has 0 atom stereocenters. The van der Waals surface area contributed by atoms with Gasteiger partial charge in [-0.25, -0.2) is 0 Å². The number of esters is 1. The molecule has 0 saturated carbocycles. The molecule has 0 aliphatic carbocycles. The molecule has 0 fully saturated rings. The van der Waals surface area contributed by atoms with Crippen molar-refractivity contribution >= 4 is 40.4 Å². The van der Waals surface area contributed by atoms with E-state index in [1.54, 1.807) is 13.0 Å². The Balaban J connectivity index is 1.84. The molecule has 0 saturated heterocycles. The summed E-state index contributed by atoms with van der Waals surface area (Å²) in [6, 6.07) is 7.54. The highest BCUT2D eigenvalue weighted by Gasteiger charge is 2.18. The number of carbonyl (C=O) groups is 3. The normalized spacial score (nSPS) is 10.3. The van der Waals surface area contributed by atoms with Crippen LogP contribution < -0.4 is 10.1 Å². The van der Waals surface area contributed by atoms with Crippen LogP contribution in [0.15, 0.2) is 30.3 Å². The van der Waals surface area contributed by atoms with Crippen molar-refractivity contribution in [3.63, 3.8) is 0 Å². The Morgan fingerprint density at radius 2 is 1.93 bits per heavy atom. The number of hydrogen-bond donors (Lipinski definition) is 1. The number of ether oxygens (including phenoxy) is 2. The van der Waals surface area contributed by atoms with Gasteiger partial charge >= 0.3 is 5.97 Å². The summed E-state index contributed by atoms with van der Waals surface area (Å²) < 4.78 is 10.0. The van der Waals surface area contributed by atoms with E-state index in [1.165, 1.54) is 29.5 Å². The predicted octanol–water partition coefficient (Wildman–Crippen LogP) is 3.51. The molecule has 0 unspecified atom stereocenters. The van der Waals surface area contributed by atoms with Crippen molar-refractivity contribution < 1.29 is 28.8 Å². The lowest BCUT2D eigenvalue weighted by atomic mass is 10.2. The number of Topliss-reactive ketones (excluding diaryl/α,β-unsaturated/α-hetero) is 1. The Bertz CT molecular complexity index is 923. The summed E-state index contributed by atoms with van der Waals surface area (Å²) in [4.78, 5) is 47.8. The van der Waals surface area contributed by atoms with Crippen molar-refractivity contribution in [2.45, 2.75) is 26.7 Å². The van der Waals surface area contributed by atoms with Crippen LogP contribution in [-0.4, -0.2) is 35.8 Å². The quantitative estimate of drug-likeness (QED) is 0.270. The van der Waals surface area contributed by atoms with E-state index in [1.807, 2.05) is 13.0 Å². The number of ketones is 1. The molecule has 0 bridgehead atoms. The average Bonchev–Trinajstić information content (AvgIpc) is 3.12. The second-order valence-corrected chi connectivity index (χ2v) is 7.20. The number of hydrogen-bond acceptors (Lipinski definition) is 8. The van der Waals surface area contributed by atoms with Gasteiger partial charge in [0, 0.05) is 11.3 Å². The molecule has 1 aromatic heterocycles. The van der Waals surface area contributed by atoms with Crippen LogP contribution in [0.4, 0.5) is 11.4 Å². The summed E-state index contributed by atoms with van der Waals surface area (Å²) in [5.41, 5.74) is -0.379. The predicted molar refractivity (Wildman–Crippen MR) is 106 cm³/mol. The number of anilines is 1. The van der Waals surface area contributed by atoms with E-state index in [4.69, 9.17) is 9.47 Å². The smallest absolute Gasteiger partial charge is 0.306 e. The summed E-state index contributed by atoms with van der Waals surface area (Å²) in [5, 5.41) is 13.5. The number of nitro groups is 1. The number of amides is 1. The molecule has 0 radical (unpaired) electrons. The van der Waals surface area contributed by atoms with Crippen LogP contribution >= 0.6 is 11.3 Å². The van der Waals surface area contributed by atoms with Gasteiger partial charge in [0.15, 0.2) is 12.4 Å². The van der Waals surface area contributed by atoms with E-state index in [9.17, 15) is 24.5 Å². The first kappa shape index (κ1) is 22.0. The van der Waals surface area contributed by atoms with E-state index in [-0.39, 0.29) is 30.0 Å². The zero-order valence-electron chi connectivity index (χ0n) is 15.9. The summed E-state index contributed by atoms with van der Waals surface area (Å²) in [7, 11) is 0. The van der Waals surface area contributed by atoms with Crippen LogP contribution in [0.1, 0.15) is 34.3 Å². The first-order valence-corrected chi connectivity index (χ1v) is 9.58. The number of nitrogens with zero attached hydrogens (tertiary/aromatic N) is 1. The van der Waals surface area contributed by atoms with Crippen molar-refractivity contribution in [1.29, 1.82) is 0 Å². The number of nitrogens with one attached hydrogen (secondary N) is 1. The molecular formula is C19H20N2O7S. The molecular weight excluding hydrogens is 400 g/mol. The van der Waals surface area contributed by atoms with Crippen LogP contribution in [0.3, 0.4) is 0 Å². The molecule has 1 N–H and O–H groups in total. The third kappa shape index (κ3) is 6.68. The van der Waals surface area contributed by atoms with Gasteiger partial charge in [-0.15, -0.1) is 11.3 Å².